The molecule has 0 saturated heterocycles. The van der Waals surface area contributed by atoms with E-state index in [0.29, 0.717) is 29.2 Å². The first-order valence-corrected chi connectivity index (χ1v) is 8.87. The molecule has 7 heteroatoms. The molecule has 1 aromatic carbocycles. The molecule has 1 heterocycles. The lowest BCUT2D eigenvalue weighted by atomic mass is 10.1. The number of para-hydroxylation sites is 1. The van der Waals surface area contributed by atoms with Crippen LogP contribution in [0.4, 0.5) is 5.69 Å². The summed E-state index contributed by atoms with van der Waals surface area (Å²) >= 11 is 1.33. The van der Waals surface area contributed by atoms with Gasteiger partial charge in [0.2, 0.25) is 5.91 Å². The Morgan fingerprint density at radius 3 is 2.36 bits per heavy atom. The number of anilines is 1. The molecule has 132 valence electrons. The Morgan fingerprint density at radius 2 is 1.68 bits per heavy atom. The van der Waals surface area contributed by atoms with E-state index in [1.54, 1.807) is 50.2 Å². The molecule has 0 radical (unpaired) electrons. The van der Waals surface area contributed by atoms with E-state index in [-0.39, 0.29) is 23.6 Å². The zero-order chi connectivity index (χ0) is 18.2. The quantitative estimate of drug-likeness (QED) is 0.664. The van der Waals surface area contributed by atoms with Crippen molar-refractivity contribution >= 4 is 34.7 Å². The summed E-state index contributed by atoms with van der Waals surface area (Å²) in [4.78, 5) is 36.6. The standard InChI is InChI=1S/C18H21N3O3S/c1-12(2)16(22)19-9-10-20-17(23)13-6-3-4-7-14(13)21-18(24)15-8-5-11-25-15/h3-8,11-12H,9-10H2,1-2H3,(H,19,22)(H,20,23)(H,21,24). The molecule has 3 N–H and O–H groups in total. The number of thiophene rings is 1. The van der Waals surface area contributed by atoms with E-state index in [2.05, 4.69) is 16.0 Å². The van der Waals surface area contributed by atoms with Crippen molar-refractivity contribution in [3.8, 4) is 0 Å². The normalized spacial score (nSPS) is 10.4. The molecule has 0 saturated carbocycles. The molecule has 2 rings (SSSR count). The predicted octanol–water partition coefficient (Wildman–Crippen LogP) is 2.50. The molecule has 25 heavy (non-hydrogen) atoms. The van der Waals surface area contributed by atoms with Gasteiger partial charge in [-0.05, 0) is 23.6 Å². The third-order valence-corrected chi connectivity index (χ3v) is 4.27. The minimum Gasteiger partial charge on any atom is -0.354 e. The fourth-order valence-electron chi connectivity index (χ4n) is 2.04. The molecule has 0 spiro atoms. The van der Waals surface area contributed by atoms with Gasteiger partial charge in [-0.15, -0.1) is 11.3 Å². The van der Waals surface area contributed by atoms with E-state index in [4.69, 9.17) is 0 Å². The van der Waals surface area contributed by atoms with Gasteiger partial charge in [-0.2, -0.15) is 0 Å². The molecular weight excluding hydrogens is 338 g/mol. The third kappa shape index (κ3) is 5.42. The third-order valence-electron chi connectivity index (χ3n) is 3.40. The summed E-state index contributed by atoms with van der Waals surface area (Å²) < 4.78 is 0. The Morgan fingerprint density at radius 1 is 0.960 bits per heavy atom. The largest absolute Gasteiger partial charge is 0.354 e. The van der Waals surface area contributed by atoms with Gasteiger partial charge >= 0.3 is 0 Å². The predicted molar refractivity (Wildman–Crippen MR) is 98.9 cm³/mol. The fourth-order valence-corrected chi connectivity index (χ4v) is 2.66. The molecule has 0 bridgehead atoms. The van der Waals surface area contributed by atoms with E-state index in [9.17, 15) is 14.4 Å². The summed E-state index contributed by atoms with van der Waals surface area (Å²) in [6.45, 7) is 4.28. The van der Waals surface area contributed by atoms with Gasteiger partial charge < -0.3 is 16.0 Å². The molecule has 1 aromatic heterocycles. The number of nitrogens with one attached hydrogen (secondary N) is 3. The summed E-state index contributed by atoms with van der Waals surface area (Å²) in [6.07, 6.45) is 0. The SMILES string of the molecule is CC(C)C(=O)NCCNC(=O)c1ccccc1NC(=O)c1cccs1. The van der Waals surface area contributed by atoms with Gasteiger partial charge in [0.25, 0.3) is 11.8 Å². The zero-order valence-electron chi connectivity index (χ0n) is 14.2. The highest BCUT2D eigenvalue weighted by Gasteiger charge is 2.14. The van der Waals surface area contributed by atoms with Crippen LogP contribution in [-0.2, 0) is 4.79 Å². The van der Waals surface area contributed by atoms with E-state index in [0.717, 1.165) is 0 Å². The van der Waals surface area contributed by atoms with Gasteiger partial charge in [-0.1, -0.05) is 32.0 Å². The minimum atomic E-state index is -0.305. The number of carbonyl (C=O) groups is 3. The lowest BCUT2D eigenvalue weighted by Gasteiger charge is -2.12. The van der Waals surface area contributed by atoms with E-state index in [1.165, 1.54) is 11.3 Å². The van der Waals surface area contributed by atoms with Gasteiger partial charge in [0.05, 0.1) is 16.1 Å². The molecule has 0 fully saturated rings. The molecule has 2 aromatic rings. The van der Waals surface area contributed by atoms with Gasteiger partial charge in [0, 0.05) is 19.0 Å². The Balaban J connectivity index is 1.94. The second-order valence-corrected chi connectivity index (χ2v) is 6.63. The second kappa shape index (κ2) is 8.98. The van der Waals surface area contributed by atoms with Crippen molar-refractivity contribution in [1.29, 1.82) is 0 Å². The minimum absolute atomic E-state index is 0.0575. The highest BCUT2D eigenvalue weighted by atomic mass is 32.1. The monoisotopic (exact) mass is 359 g/mol. The zero-order valence-corrected chi connectivity index (χ0v) is 15.0. The van der Waals surface area contributed by atoms with Crippen LogP contribution in [0.25, 0.3) is 0 Å². The number of benzene rings is 1. The fraction of sp³-hybridized carbons (Fsp3) is 0.278. The highest BCUT2D eigenvalue weighted by molar-refractivity contribution is 7.12. The molecular formula is C18H21N3O3S. The average molecular weight is 359 g/mol. The van der Waals surface area contributed by atoms with Gasteiger partial charge in [0.15, 0.2) is 0 Å². The van der Waals surface area contributed by atoms with Crippen LogP contribution >= 0.6 is 11.3 Å². The summed E-state index contributed by atoms with van der Waals surface area (Å²) in [5.74, 6) is -0.706. The molecule has 0 atom stereocenters. The van der Waals surface area contributed by atoms with E-state index in [1.807, 2.05) is 5.38 Å². The van der Waals surface area contributed by atoms with Crippen LogP contribution in [0.1, 0.15) is 33.9 Å². The van der Waals surface area contributed by atoms with Gasteiger partial charge in [-0.25, -0.2) is 0 Å². The maximum Gasteiger partial charge on any atom is 0.265 e. The van der Waals surface area contributed by atoms with E-state index < -0.39 is 0 Å². The van der Waals surface area contributed by atoms with Gasteiger partial charge in [-0.3, -0.25) is 14.4 Å². The summed E-state index contributed by atoms with van der Waals surface area (Å²) in [7, 11) is 0. The van der Waals surface area contributed by atoms with Crippen LogP contribution in [0.5, 0.6) is 0 Å². The van der Waals surface area contributed by atoms with Crippen molar-refractivity contribution in [3.63, 3.8) is 0 Å². The number of carbonyl (C=O) groups excluding carboxylic acids is 3. The van der Waals surface area contributed by atoms with Crippen molar-refractivity contribution < 1.29 is 14.4 Å². The molecule has 0 aliphatic rings. The van der Waals surface area contributed by atoms with Crippen LogP contribution in [0, 0.1) is 5.92 Å². The number of hydrogen-bond acceptors (Lipinski definition) is 4. The first kappa shape index (κ1) is 18.7. The lowest BCUT2D eigenvalue weighted by Crippen LogP contribution is -2.36. The van der Waals surface area contributed by atoms with Crippen molar-refractivity contribution in [3.05, 3.63) is 52.2 Å². The Labute approximate surface area is 150 Å². The van der Waals surface area contributed by atoms with Crippen LogP contribution in [-0.4, -0.2) is 30.8 Å². The smallest absolute Gasteiger partial charge is 0.265 e. The Kier molecular flexibility index (Phi) is 6.71. The molecule has 6 nitrogen and oxygen atoms in total. The molecule has 0 aliphatic carbocycles. The number of rotatable bonds is 7. The van der Waals surface area contributed by atoms with Crippen LogP contribution < -0.4 is 16.0 Å². The molecule has 3 amide bonds. The van der Waals surface area contributed by atoms with Crippen LogP contribution in [0.2, 0.25) is 0 Å². The van der Waals surface area contributed by atoms with E-state index >= 15 is 0 Å². The van der Waals surface area contributed by atoms with Crippen molar-refractivity contribution in [2.45, 2.75) is 13.8 Å². The molecule has 0 unspecified atom stereocenters. The van der Waals surface area contributed by atoms with Gasteiger partial charge in [0.1, 0.15) is 0 Å². The maximum atomic E-state index is 12.3. The van der Waals surface area contributed by atoms with Crippen LogP contribution in [0.3, 0.4) is 0 Å². The molecule has 0 aliphatic heterocycles. The Bertz CT molecular complexity index is 742. The maximum absolute atomic E-state index is 12.3. The lowest BCUT2D eigenvalue weighted by molar-refractivity contribution is -0.123. The second-order valence-electron chi connectivity index (χ2n) is 5.68. The number of amides is 3. The van der Waals surface area contributed by atoms with Crippen molar-refractivity contribution in [2.75, 3.05) is 18.4 Å². The first-order valence-electron chi connectivity index (χ1n) is 7.99. The highest BCUT2D eigenvalue weighted by Crippen LogP contribution is 2.17. The van der Waals surface area contributed by atoms with Crippen LogP contribution in [0.15, 0.2) is 41.8 Å². The van der Waals surface area contributed by atoms with Crippen molar-refractivity contribution in [1.82, 2.24) is 10.6 Å². The summed E-state index contributed by atoms with van der Waals surface area (Å²) in [6, 6.07) is 10.3. The Hall–Kier alpha value is -2.67. The number of hydrogen-bond donors (Lipinski definition) is 3. The van der Waals surface area contributed by atoms with Crippen molar-refractivity contribution in [2.24, 2.45) is 5.92 Å². The first-order chi connectivity index (χ1) is 12.0. The average Bonchev–Trinajstić information content (AvgIpc) is 3.13. The summed E-state index contributed by atoms with van der Waals surface area (Å²) in [5.41, 5.74) is 0.826. The topological polar surface area (TPSA) is 87.3 Å². The summed E-state index contributed by atoms with van der Waals surface area (Å²) in [5, 5.41) is 10.0.